The van der Waals surface area contributed by atoms with E-state index in [1.807, 2.05) is 20.8 Å². The van der Waals surface area contributed by atoms with Gasteiger partial charge in [-0.25, -0.2) is 4.98 Å². The van der Waals surface area contributed by atoms with Crippen molar-refractivity contribution < 1.29 is 37.5 Å². The first-order valence-corrected chi connectivity index (χ1v) is 15.6. The first kappa shape index (κ1) is 36.7. The molecule has 0 fully saturated rings. The maximum atomic E-state index is 13.8. The van der Waals surface area contributed by atoms with Crippen molar-refractivity contribution in [2.45, 2.75) is 70.3 Å². The molecule has 2 heterocycles. The smallest absolute Gasteiger partial charge is 0.392 e. The van der Waals surface area contributed by atoms with Crippen molar-refractivity contribution in [3.8, 4) is 0 Å². The summed E-state index contributed by atoms with van der Waals surface area (Å²) < 4.78 is 40.9. The van der Waals surface area contributed by atoms with Crippen LogP contribution in [0, 0.1) is 5.92 Å². The number of aliphatic hydroxyl groups excluding tert-OH is 1. The molecule has 2 aromatic heterocycles. The lowest BCUT2D eigenvalue weighted by molar-refractivity contribution is -0.136. The molecule has 3 amide bonds. The number of para-hydroxylation sites is 1. The number of rotatable bonds is 13. The molecule has 0 saturated heterocycles. The Morgan fingerprint density at radius 3 is 2.27 bits per heavy atom. The molecule has 2 aromatic carbocycles. The monoisotopic (exact) mass is 677 g/mol. The molecule has 5 N–H and O–H groups in total. The van der Waals surface area contributed by atoms with E-state index in [-0.39, 0.29) is 30.6 Å². The molecule has 0 bridgehead atoms. The Labute approximate surface area is 281 Å². The van der Waals surface area contributed by atoms with Crippen molar-refractivity contribution in [1.29, 1.82) is 0 Å². The van der Waals surface area contributed by atoms with E-state index in [9.17, 15) is 37.5 Å². The number of pyridine rings is 2. The lowest BCUT2D eigenvalue weighted by Crippen LogP contribution is -2.45. The number of primary amides is 1. The molecule has 0 saturated carbocycles. The van der Waals surface area contributed by atoms with Crippen LogP contribution in [0.5, 0.6) is 0 Å². The number of carbonyl (C=O) groups excluding carboxylic acids is 4. The van der Waals surface area contributed by atoms with Gasteiger partial charge in [0, 0.05) is 35.3 Å². The zero-order valence-corrected chi connectivity index (χ0v) is 27.3. The molecular weight excluding hydrogens is 639 g/mol. The molecule has 4 rings (SSSR count). The number of aromatic nitrogens is 2. The topological polar surface area (TPSA) is 164 Å². The Morgan fingerprint density at radius 2 is 1.61 bits per heavy atom. The van der Waals surface area contributed by atoms with Gasteiger partial charge in [0.15, 0.2) is 5.78 Å². The van der Waals surface area contributed by atoms with Crippen molar-refractivity contribution in [3.05, 3.63) is 107 Å². The minimum absolute atomic E-state index is 0.00133. The van der Waals surface area contributed by atoms with Crippen LogP contribution in [0.25, 0.3) is 10.9 Å². The summed E-state index contributed by atoms with van der Waals surface area (Å²) in [5, 5.41) is 17.0. The fourth-order valence-corrected chi connectivity index (χ4v) is 5.47. The summed E-state index contributed by atoms with van der Waals surface area (Å²) in [5.74, 6) is -3.63. The Morgan fingerprint density at radius 1 is 0.878 bits per heavy atom. The van der Waals surface area contributed by atoms with Gasteiger partial charge >= 0.3 is 6.18 Å². The summed E-state index contributed by atoms with van der Waals surface area (Å²) >= 11 is 0. The van der Waals surface area contributed by atoms with Gasteiger partial charge in [-0.05, 0) is 74.9 Å². The molecule has 3 atom stereocenters. The van der Waals surface area contributed by atoms with E-state index in [1.54, 1.807) is 48.8 Å². The third-order valence-electron chi connectivity index (χ3n) is 7.77. The van der Waals surface area contributed by atoms with Crippen LogP contribution in [0.15, 0.2) is 79.1 Å². The highest BCUT2D eigenvalue weighted by Crippen LogP contribution is 2.34. The average Bonchev–Trinajstić information content (AvgIpc) is 3.02. The fraction of sp³-hybridized carbons (Fsp3) is 0.333. The molecule has 0 aliphatic rings. The van der Waals surface area contributed by atoms with E-state index in [1.165, 1.54) is 24.3 Å². The van der Waals surface area contributed by atoms with Crippen molar-refractivity contribution in [3.63, 3.8) is 0 Å². The number of amides is 3. The summed E-state index contributed by atoms with van der Waals surface area (Å²) in [5.41, 5.74) is 4.63. The maximum Gasteiger partial charge on any atom is 0.418 e. The summed E-state index contributed by atoms with van der Waals surface area (Å²) in [6.07, 6.45) is -3.49. The van der Waals surface area contributed by atoms with Crippen molar-refractivity contribution in [1.82, 2.24) is 20.6 Å². The zero-order valence-electron chi connectivity index (χ0n) is 27.3. The molecule has 4 aromatic rings. The number of halogens is 3. The molecule has 0 aliphatic carbocycles. The van der Waals surface area contributed by atoms with E-state index in [2.05, 4.69) is 20.6 Å². The highest BCUT2D eigenvalue weighted by molar-refractivity contribution is 6.00. The minimum Gasteiger partial charge on any atom is -0.392 e. The second kappa shape index (κ2) is 15.4. The van der Waals surface area contributed by atoms with Gasteiger partial charge in [0.2, 0.25) is 5.91 Å². The van der Waals surface area contributed by atoms with Gasteiger partial charge in [0.25, 0.3) is 11.8 Å². The van der Waals surface area contributed by atoms with Gasteiger partial charge < -0.3 is 21.5 Å². The number of carbonyl (C=O) groups is 4. The third-order valence-corrected chi connectivity index (χ3v) is 7.77. The second-order valence-electron chi connectivity index (χ2n) is 12.9. The minimum atomic E-state index is -4.73. The number of hydrogen-bond donors (Lipinski definition) is 4. The van der Waals surface area contributed by atoms with Crippen molar-refractivity contribution in [2.24, 2.45) is 11.7 Å². The highest BCUT2D eigenvalue weighted by Gasteiger charge is 2.34. The predicted molar refractivity (Wildman–Crippen MR) is 176 cm³/mol. The highest BCUT2D eigenvalue weighted by atomic mass is 19.4. The van der Waals surface area contributed by atoms with Crippen LogP contribution in [0.1, 0.15) is 71.1 Å². The molecule has 10 nitrogen and oxygen atoms in total. The van der Waals surface area contributed by atoms with Gasteiger partial charge in [-0.15, -0.1) is 0 Å². The summed E-state index contributed by atoms with van der Waals surface area (Å²) in [4.78, 5) is 60.1. The quantitative estimate of drug-likeness (QED) is 0.161. The van der Waals surface area contributed by atoms with Crippen LogP contribution in [0.4, 0.5) is 13.2 Å². The van der Waals surface area contributed by atoms with E-state index in [4.69, 9.17) is 5.73 Å². The Hall–Kier alpha value is -5.17. The molecule has 258 valence electrons. The van der Waals surface area contributed by atoms with E-state index < -0.39 is 70.6 Å². The van der Waals surface area contributed by atoms with Gasteiger partial charge in [-0.1, -0.05) is 42.5 Å². The lowest BCUT2D eigenvalue weighted by atomic mass is 9.84. The van der Waals surface area contributed by atoms with Crippen molar-refractivity contribution >= 4 is 34.4 Å². The standard InChI is InChI=1S/C36H38F3N5O5/c1-35(2,3)44-33(48)25-11-5-4-9-23(25)17-29(45)24(16-21-8-7-15-41-20-21)18-30(46)28(19-31(40)47)43-34(49)27-14-13-22-10-6-12-26(32(22)42-27)36(37,38)39/h4-15,20,24,28-29,45H,16-19H2,1-3H3,(H2,40,47)(H,43,49)(H,44,48)/t24-,28-,29+/m0/s1. The number of nitrogens with zero attached hydrogens (tertiary/aromatic N) is 2. The van der Waals surface area contributed by atoms with Crippen LogP contribution in [-0.4, -0.2) is 56.3 Å². The fourth-order valence-electron chi connectivity index (χ4n) is 5.47. The molecule has 0 spiro atoms. The summed E-state index contributed by atoms with van der Waals surface area (Å²) in [7, 11) is 0. The lowest BCUT2D eigenvalue weighted by Gasteiger charge is -2.26. The Kier molecular flexibility index (Phi) is 11.5. The molecule has 0 unspecified atom stereocenters. The summed E-state index contributed by atoms with van der Waals surface area (Å²) in [6, 6.07) is 14.8. The maximum absolute atomic E-state index is 13.8. The first-order chi connectivity index (χ1) is 23.0. The second-order valence-corrected chi connectivity index (χ2v) is 12.9. The first-order valence-electron chi connectivity index (χ1n) is 15.6. The number of alkyl halides is 3. The molecule has 0 aliphatic heterocycles. The SMILES string of the molecule is CC(C)(C)NC(=O)c1ccccc1C[C@@H](O)[C@H](CC(=O)[C@H](CC(N)=O)NC(=O)c1ccc2cccc(C(F)(F)F)c2n1)Cc1cccnc1. The normalized spacial score (nSPS) is 13.7. The van der Waals surface area contributed by atoms with Gasteiger partial charge in [0.05, 0.1) is 29.6 Å². The molecule has 13 heteroatoms. The number of Topliss-reactive ketones (excluding diaryl/α,β-unsaturated/α-hetero) is 1. The summed E-state index contributed by atoms with van der Waals surface area (Å²) in [6.45, 7) is 5.53. The Bertz CT molecular complexity index is 1830. The van der Waals surface area contributed by atoms with Crippen molar-refractivity contribution in [2.75, 3.05) is 0 Å². The largest absolute Gasteiger partial charge is 0.418 e. The van der Waals surface area contributed by atoms with Crippen LogP contribution < -0.4 is 16.4 Å². The third kappa shape index (κ3) is 10.2. The Balaban J connectivity index is 1.60. The molecular formula is C36H38F3N5O5. The van der Waals surface area contributed by atoms with Crippen LogP contribution in [0.3, 0.4) is 0 Å². The number of benzene rings is 2. The number of nitrogens with two attached hydrogens (primary N) is 1. The number of nitrogens with one attached hydrogen (secondary N) is 2. The molecule has 49 heavy (non-hydrogen) atoms. The zero-order chi connectivity index (χ0) is 35.9. The number of hydrogen-bond acceptors (Lipinski definition) is 7. The predicted octanol–water partition coefficient (Wildman–Crippen LogP) is 4.57. The number of aliphatic hydroxyl groups is 1. The average molecular weight is 678 g/mol. The number of fused-ring (bicyclic) bond motifs is 1. The van der Waals surface area contributed by atoms with E-state index in [0.29, 0.717) is 16.7 Å². The van der Waals surface area contributed by atoms with Gasteiger partial charge in [-0.2, -0.15) is 13.2 Å². The van der Waals surface area contributed by atoms with Crippen LogP contribution in [0.2, 0.25) is 0 Å². The van der Waals surface area contributed by atoms with Gasteiger partial charge in [0.1, 0.15) is 5.69 Å². The van der Waals surface area contributed by atoms with E-state index in [0.717, 1.165) is 6.07 Å². The van der Waals surface area contributed by atoms with Crippen LogP contribution in [-0.2, 0) is 28.6 Å². The number of ketones is 1. The van der Waals surface area contributed by atoms with E-state index >= 15 is 0 Å². The molecule has 0 radical (unpaired) electrons. The van der Waals surface area contributed by atoms with Crippen LogP contribution >= 0.6 is 0 Å². The van der Waals surface area contributed by atoms with Gasteiger partial charge in [-0.3, -0.25) is 24.2 Å².